The number of rotatable bonds is 4. The van der Waals surface area contributed by atoms with Crippen LogP contribution in [-0.2, 0) is 11.8 Å². The van der Waals surface area contributed by atoms with Gasteiger partial charge in [-0.05, 0) is 31.0 Å². The minimum absolute atomic E-state index is 0.0881. The van der Waals surface area contributed by atoms with Crippen LogP contribution in [0.5, 0.6) is 11.8 Å². The number of imidazole rings is 1. The SMILES string of the molecule is Cn1cc(-c2ccc3[nH]c(C4CCOCC4)nc3c2Oc2ncc(Cl)cn2)ccc1=O. The van der Waals surface area contributed by atoms with Gasteiger partial charge in [-0.2, -0.15) is 0 Å². The molecular formula is C22H20ClN5O3. The molecule has 9 heteroatoms. The Morgan fingerprint density at radius 1 is 1.16 bits per heavy atom. The van der Waals surface area contributed by atoms with Crippen LogP contribution < -0.4 is 10.3 Å². The van der Waals surface area contributed by atoms with Gasteiger partial charge in [-0.25, -0.2) is 15.0 Å². The summed E-state index contributed by atoms with van der Waals surface area (Å²) in [5, 5.41) is 0.422. The molecule has 0 amide bonds. The molecular weight excluding hydrogens is 418 g/mol. The standard InChI is InChI=1S/C22H20ClN5O3/c1-28-12-14(2-5-18(28)29)16-3-4-17-19(20(16)31-22-24-10-15(23)11-25-22)27-21(26-17)13-6-8-30-9-7-13/h2-5,10-13H,6-9H2,1H3,(H,26,27). The van der Waals surface area contributed by atoms with Gasteiger partial charge in [-0.15, -0.1) is 0 Å². The lowest BCUT2D eigenvalue weighted by atomic mass is 10.00. The monoisotopic (exact) mass is 437 g/mol. The Balaban J connectivity index is 1.66. The Morgan fingerprint density at radius 3 is 2.68 bits per heavy atom. The lowest BCUT2D eigenvalue weighted by molar-refractivity contribution is 0.0838. The molecule has 0 aliphatic carbocycles. The molecule has 0 atom stereocenters. The topological polar surface area (TPSA) is 94.9 Å². The average Bonchev–Trinajstić information content (AvgIpc) is 3.23. The van der Waals surface area contributed by atoms with Gasteiger partial charge < -0.3 is 19.0 Å². The number of benzene rings is 1. The van der Waals surface area contributed by atoms with Crippen LogP contribution in [0.1, 0.15) is 24.6 Å². The molecule has 4 heterocycles. The first kappa shape index (κ1) is 19.7. The van der Waals surface area contributed by atoms with Gasteiger partial charge in [0.25, 0.3) is 0 Å². The van der Waals surface area contributed by atoms with E-state index in [1.807, 2.05) is 12.1 Å². The summed E-state index contributed by atoms with van der Waals surface area (Å²) < 4.78 is 13.1. The number of halogens is 1. The van der Waals surface area contributed by atoms with Crippen molar-refractivity contribution in [1.29, 1.82) is 0 Å². The lowest BCUT2D eigenvalue weighted by Gasteiger charge is -2.19. The number of pyridine rings is 1. The predicted octanol–water partition coefficient (Wildman–Crippen LogP) is 4.06. The van der Waals surface area contributed by atoms with Crippen LogP contribution in [0.3, 0.4) is 0 Å². The number of hydrogen-bond donors (Lipinski definition) is 1. The van der Waals surface area contributed by atoms with E-state index in [-0.39, 0.29) is 11.6 Å². The van der Waals surface area contributed by atoms with Crippen molar-refractivity contribution < 1.29 is 9.47 Å². The Hall–Kier alpha value is -3.23. The predicted molar refractivity (Wildman–Crippen MR) is 117 cm³/mol. The zero-order chi connectivity index (χ0) is 21.4. The van der Waals surface area contributed by atoms with E-state index in [4.69, 9.17) is 26.1 Å². The largest absolute Gasteiger partial charge is 0.421 e. The van der Waals surface area contributed by atoms with Crippen LogP contribution >= 0.6 is 11.6 Å². The highest BCUT2D eigenvalue weighted by atomic mass is 35.5. The minimum atomic E-state index is -0.0881. The highest BCUT2D eigenvalue weighted by Crippen LogP contribution is 2.39. The maximum Gasteiger partial charge on any atom is 0.322 e. The van der Waals surface area contributed by atoms with E-state index in [0.29, 0.717) is 22.2 Å². The maximum absolute atomic E-state index is 11.9. The average molecular weight is 438 g/mol. The number of nitrogens with one attached hydrogen (secondary N) is 1. The second-order valence-corrected chi connectivity index (χ2v) is 7.94. The first-order chi connectivity index (χ1) is 15.1. The summed E-state index contributed by atoms with van der Waals surface area (Å²) in [7, 11) is 1.71. The maximum atomic E-state index is 11.9. The van der Waals surface area contributed by atoms with Gasteiger partial charge in [0.1, 0.15) is 11.3 Å². The first-order valence-electron chi connectivity index (χ1n) is 10.0. The normalized spacial score (nSPS) is 14.8. The van der Waals surface area contributed by atoms with Crippen LogP contribution in [0.4, 0.5) is 0 Å². The fourth-order valence-electron chi connectivity index (χ4n) is 3.76. The number of H-pyrrole nitrogens is 1. The van der Waals surface area contributed by atoms with Gasteiger partial charge in [-0.3, -0.25) is 4.79 Å². The summed E-state index contributed by atoms with van der Waals surface area (Å²) in [4.78, 5) is 28.5. The molecule has 0 spiro atoms. The number of aromatic amines is 1. The van der Waals surface area contributed by atoms with Crippen molar-refractivity contribution in [3.63, 3.8) is 0 Å². The number of hydrogen-bond acceptors (Lipinski definition) is 6. The molecule has 3 aromatic heterocycles. The van der Waals surface area contributed by atoms with Crippen molar-refractivity contribution in [2.45, 2.75) is 18.8 Å². The van der Waals surface area contributed by atoms with E-state index in [1.54, 1.807) is 19.3 Å². The van der Waals surface area contributed by atoms with E-state index in [9.17, 15) is 4.79 Å². The van der Waals surface area contributed by atoms with Crippen molar-refractivity contribution in [2.75, 3.05) is 13.2 Å². The number of fused-ring (bicyclic) bond motifs is 1. The molecule has 1 fully saturated rings. The van der Waals surface area contributed by atoms with E-state index in [2.05, 4.69) is 15.0 Å². The molecule has 158 valence electrons. The number of aromatic nitrogens is 5. The van der Waals surface area contributed by atoms with Crippen LogP contribution in [0, 0.1) is 0 Å². The summed E-state index contributed by atoms with van der Waals surface area (Å²) in [6.45, 7) is 1.46. The van der Waals surface area contributed by atoms with Crippen LogP contribution in [-0.4, -0.2) is 37.7 Å². The van der Waals surface area contributed by atoms with Crippen LogP contribution in [0.25, 0.3) is 22.2 Å². The Labute approximate surface area is 182 Å². The van der Waals surface area contributed by atoms with Crippen molar-refractivity contribution in [1.82, 2.24) is 24.5 Å². The molecule has 1 aliphatic rings. The van der Waals surface area contributed by atoms with Gasteiger partial charge in [0.15, 0.2) is 5.75 Å². The fraction of sp³-hybridized carbons (Fsp3) is 0.273. The molecule has 0 saturated carbocycles. The molecule has 1 aromatic carbocycles. The van der Waals surface area contributed by atoms with Crippen molar-refractivity contribution in [3.8, 4) is 22.9 Å². The van der Waals surface area contributed by atoms with Crippen molar-refractivity contribution in [2.24, 2.45) is 7.05 Å². The summed E-state index contributed by atoms with van der Waals surface area (Å²) >= 11 is 5.92. The van der Waals surface area contributed by atoms with E-state index in [0.717, 1.165) is 48.5 Å². The summed E-state index contributed by atoms with van der Waals surface area (Å²) in [6.07, 6.45) is 6.57. The Kier molecular flexibility index (Phi) is 5.17. The molecule has 31 heavy (non-hydrogen) atoms. The second kappa shape index (κ2) is 8.13. The van der Waals surface area contributed by atoms with Crippen molar-refractivity contribution >= 4 is 22.6 Å². The van der Waals surface area contributed by atoms with Gasteiger partial charge in [0.05, 0.1) is 22.9 Å². The summed E-state index contributed by atoms with van der Waals surface area (Å²) in [5.41, 5.74) is 3.07. The zero-order valence-electron chi connectivity index (χ0n) is 16.8. The Bertz CT molecular complexity index is 1290. The highest BCUT2D eigenvalue weighted by molar-refractivity contribution is 6.30. The van der Waals surface area contributed by atoms with E-state index >= 15 is 0 Å². The van der Waals surface area contributed by atoms with E-state index in [1.165, 1.54) is 23.0 Å². The molecule has 0 unspecified atom stereocenters. The second-order valence-electron chi connectivity index (χ2n) is 7.50. The van der Waals surface area contributed by atoms with Crippen molar-refractivity contribution in [3.05, 3.63) is 64.1 Å². The quantitative estimate of drug-likeness (QED) is 0.517. The number of nitrogens with zero attached hydrogens (tertiary/aromatic N) is 4. The van der Waals surface area contributed by atoms with Gasteiger partial charge in [0.2, 0.25) is 5.56 Å². The Morgan fingerprint density at radius 2 is 1.94 bits per heavy atom. The molecule has 1 saturated heterocycles. The van der Waals surface area contributed by atoms with Crippen LogP contribution in [0.15, 0.2) is 47.7 Å². The number of aryl methyl sites for hydroxylation is 1. The third kappa shape index (κ3) is 3.92. The molecule has 5 rings (SSSR count). The molecule has 0 bridgehead atoms. The molecule has 8 nitrogen and oxygen atoms in total. The van der Waals surface area contributed by atoms with Gasteiger partial charge in [-0.1, -0.05) is 11.6 Å². The first-order valence-corrected chi connectivity index (χ1v) is 10.4. The summed E-state index contributed by atoms with van der Waals surface area (Å²) in [6, 6.07) is 7.38. The van der Waals surface area contributed by atoms with E-state index < -0.39 is 0 Å². The third-order valence-corrected chi connectivity index (χ3v) is 5.62. The highest BCUT2D eigenvalue weighted by Gasteiger charge is 2.22. The molecule has 4 aromatic rings. The molecule has 1 aliphatic heterocycles. The fourth-order valence-corrected chi connectivity index (χ4v) is 3.86. The summed E-state index contributed by atoms with van der Waals surface area (Å²) in [5.74, 6) is 1.74. The minimum Gasteiger partial charge on any atom is -0.421 e. The smallest absolute Gasteiger partial charge is 0.322 e. The lowest BCUT2D eigenvalue weighted by Crippen LogP contribution is -2.15. The van der Waals surface area contributed by atoms with Crippen LogP contribution in [0.2, 0.25) is 5.02 Å². The zero-order valence-corrected chi connectivity index (χ0v) is 17.6. The third-order valence-electron chi connectivity index (χ3n) is 5.42. The van der Waals surface area contributed by atoms with Gasteiger partial charge in [0, 0.05) is 49.6 Å². The molecule has 0 radical (unpaired) electrons. The molecule has 1 N–H and O–H groups in total. The number of ether oxygens (including phenoxy) is 2. The van der Waals surface area contributed by atoms with Gasteiger partial charge >= 0.3 is 6.01 Å².